The smallest absolute Gasteiger partial charge is 0.139 e. The normalized spacial score (nSPS) is 29.9. The summed E-state index contributed by atoms with van der Waals surface area (Å²) in [6.45, 7) is 3.46. The van der Waals surface area contributed by atoms with Gasteiger partial charge in [0.2, 0.25) is 0 Å². The molecule has 0 N–H and O–H groups in total. The molecule has 2 aliphatic carbocycles. The number of nitrogens with zero attached hydrogens (tertiary/aromatic N) is 2. The lowest BCUT2D eigenvalue weighted by molar-refractivity contribution is 0.268. The Bertz CT molecular complexity index is 669. The van der Waals surface area contributed by atoms with Crippen LogP contribution in [-0.2, 0) is 0 Å². The van der Waals surface area contributed by atoms with Gasteiger partial charge in [-0.2, -0.15) is 0 Å². The van der Waals surface area contributed by atoms with E-state index in [1.54, 1.807) is 0 Å². The number of aliphatic imine (C=N–C) groups is 1. The van der Waals surface area contributed by atoms with Crippen molar-refractivity contribution in [3.63, 3.8) is 0 Å². The van der Waals surface area contributed by atoms with Crippen LogP contribution in [0.5, 0.6) is 0 Å². The molecule has 0 aromatic heterocycles. The van der Waals surface area contributed by atoms with Crippen molar-refractivity contribution in [3.8, 4) is 0 Å². The van der Waals surface area contributed by atoms with Crippen molar-refractivity contribution in [1.82, 2.24) is 4.90 Å². The molecule has 3 heteroatoms. The monoisotopic (exact) mass is 304 g/mol. The van der Waals surface area contributed by atoms with E-state index < -0.39 is 0 Å². The molecule has 3 aliphatic rings. The molecule has 1 fully saturated rings. The molecular weight excluding hydrogens is 279 g/mol. The topological polar surface area (TPSA) is 15.6 Å². The second-order valence-electron chi connectivity index (χ2n) is 7.48. The van der Waals surface area contributed by atoms with Gasteiger partial charge in [-0.25, -0.2) is 0 Å². The maximum absolute atomic E-state index is 5.02. The molecule has 1 heterocycles. The minimum Gasteiger partial charge on any atom is -0.353 e. The molecule has 4 rings (SSSR count). The summed E-state index contributed by atoms with van der Waals surface area (Å²) in [7, 11) is 2.16. The first kappa shape index (κ1) is 14.8. The number of hydrogen-bond acceptors (Lipinski definition) is 2. The number of hydrogen-bond donors (Lipinski definition) is 0. The van der Waals surface area contributed by atoms with Crippen molar-refractivity contribution in [3.05, 3.63) is 53.6 Å². The molecule has 0 amide bonds. The fourth-order valence-corrected chi connectivity index (χ4v) is 3.89. The van der Waals surface area contributed by atoms with E-state index in [1.165, 1.54) is 29.4 Å². The van der Waals surface area contributed by atoms with Crippen LogP contribution in [0, 0.1) is 5.92 Å². The number of benzene rings is 1. The molecule has 0 radical (unpaired) electrons. The summed E-state index contributed by atoms with van der Waals surface area (Å²) in [6, 6.07) is 9.36. The second kappa shape index (κ2) is 5.70. The molecule has 118 valence electrons. The summed E-state index contributed by atoms with van der Waals surface area (Å²) in [4.78, 5) is 7.51. The van der Waals surface area contributed by atoms with Crippen LogP contribution in [0.4, 0.5) is 0 Å². The highest BCUT2D eigenvalue weighted by molar-refractivity contribution is 6.32. The SMILES string of the molecule is Bc1ccc(C2N(CC3CC3)C=NC2(C)C2=CCCC=C2)cc1. The molecule has 1 aromatic carbocycles. The third-order valence-electron chi connectivity index (χ3n) is 5.48. The van der Waals surface area contributed by atoms with E-state index in [1.807, 2.05) is 0 Å². The Balaban J connectivity index is 1.71. The van der Waals surface area contributed by atoms with E-state index in [4.69, 9.17) is 4.99 Å². The van der Waals surface area contributed by atoms with Crippen LogP contribution in [-0.4, -0.2) is 31.2 Å². The molecule has 0 spiro atoms. The summed E-state index contributed by atoms with van der Waals surface area (Å²) >= 11 is 0. The van der Waals surface area contributed by atoms with Gasteiger partial charge in [0.15, 0.2) is 0 Å². The molecule has 1 aliphatic heterocycles. The molecule has 1 saturated carbocycles. The molecule has 2 unspecified atom stereocenters. The van der Waals surface area contributed by atoms with E-state index >= 15 is 0 Å². The molecule has 2 nitrogen and oxygen atoms in total. The van der Waals surface area contributed by atoms with Crippen LogP contribution in [0.25, 0.3) is 0 Å². The largest absolute Gasteiger partial charge is 0.353 e. The maximum atomic E-state index is 5.02. The molecule has 23 heavy (non-hydrogen) atoms. The average Bonchev–Trinajstić information content (AvgIpc) is 3.33. The van der Waals surface area contributed by atoms with Gasteiger partial charge in [0.25, 0.3) is 0 Å². The highest BCUT2D eigenvalue weighted by Gasteiger charge is 2.45. The Morgan fingerprint density at radius 3 is 2.65 bits per heavy atom. The number of rotatable bonds is 4. The van der Waals surface area contributed by atoms with Crippen molar-refractivity contribution >= 4 is 19.6 Å². The average molecular weight is 304 g/mol. The van der Waals surface area contributed by atoms with Crippen molar-refractivity contribution in [1.29, 1.82) is 0 Å². The van der Waals surface area contributed by atoms with Crippen LogP contribution in [0.15, 0.2) is 53.1 Å². The van der Waals surface area contributed by atoms with Gasteiger partial charge in [-0.05, 0) is 49.7 Å². The van der Waals surface area contributed by atoms with Gasteiger partial charge in [-0.3, -0.25) is 4.99 Å². The van der Waals surface area contributed by atoms with Crippen LogP contribution < -0.4 is 5.46 Å². The van der Waals surface area contributed by atoms with Crippen molar-refractivity contribution in [2.24, 2.45) is 10.9 Å². The van der Waals surface area contributed by atoms with Gasteiger partial charge < -0.3 is 4.90 Å². The molecule has 0 bridgehead atoms. The zero-order chi connectivity index (χ0) is 15.9. The highest BCUT2D eigenvalue weighted by Crippen LogP contribution is 2.45. The summed E-state index contributed by atoms with van der Waals surface area (Å²) in [6.07, 6.45) is 14.2. The second-order valence-corrected chi connectivity index (χ2v) is 7.48. The van der Waals surface area contributed by atoms with Crippen LogP contribution in [0.1, 0.15) is 44.2 Å². The Morgan fingerprint density at radius 2 is 2.00 bits per heavy atom. The van der Waals surface area contributed by atoms with Crippen LogP contribution in [0.2, 0.25) is 0 Å². The van der Waals surface area contributed by atoms with Crippen LogP contribution >= 0.6 is 0 Å². The fourth-order valence-electron chi connectivity index (χ4n) is 3.89. The Hall–Kier alpha value is -1.77. The quantitative estimate of drug-likeness (QED) is 0.781. The predicted octanol–water partition coefficient (Wildman–Crippen LogP) is 2.78. The zero-order valence-corrected chi connectivity index (χ0v) is 14.2. The van der Waals surface area contributed by atoms with E-state index in [2.05, 4.69) is 68.5 Å². The zero-order valence-electron chi connectivity index (χ0n) is 14.2. The van der Waals surface area contributed by atoms with Gasteiger partial charge in [0.1, 0.15) is 13.4 Å². The Labute approximate surface area is 140 Å². The van der Waals surface area contributed by atoms with E-state index in [-0.39, 0.29) is 5.54 Å². The first-order valence-corrected chi connectivity index (χ1v) is 8.92. The Morgan fingerprint density at radius 1 is 1.22 bits per heavy atom. The lowest BCUT2D eigenvalue weighted by Crippen LogP contribution is -2.38. The predicted molar refractivity (Wildman–Crippen MR) is 100 cm³/mol. The summed E-state index contributed by atoms with van der Waals surface area (Å²) in [5, 5.41) is 0. The first-order valence-electron chi connectivity index (χ1n) is 8.92. The van der Waals surface area contributed by atoms with E-state index in [9.17, 15) is 0 Å². The molecule has 2 atom stereocenters. The van der Waals surface area contributed by atoms with E-state index in [0.717, 1.165) is 25.3 Å². The summed E-state index contributed by atoms with van der Waals surface area (Å²) < 4.78 is 0. The summed E-state index contributed by atoms with van der Waals surface area (Å²) in [5.41, 5.74) is 3.92. The van der Waals surface area contributed by atoms with Crippen LogP contribution in [0.3, 0.4) is 0 Å². The molecule has 0 saturated heterocycles. The fraction of sp³-hybridized carbons (Fsp3) is 0.450. The van der Waals surface area contributed by atoms with Gasteiger partial charge in [-0.1, -0.05) is 48.0 Å². The Kier molecular flexibility index (Phi) is 3.67. The van der Waals surface area contributed by atoms with Crippen molar-refractivity contribution in [2.75, 3.05) is 6.54 Å². The minimum atomic E-state index is -0.166. The van der Waals surface area contributed by atoms with Crippen molar-refractivity contribution < 1.29 is 0 Å². The van der Waals surface area contributed by atoms with Gasteiger partial charge in [-0.15, -0.1) is 0 Å². The van der Waals surface area contributed by atoms with Crippen molar-refractivity contribution in [2.45, 2.75) is 44.2 Å². The standard InChI is InChI=1S/C20H25BN2/c1-20(17-5-3-2-4-6-17)19(16-9-11-18(21)12-10-16)23(14-22-20)13-15-7-8-15/h3,5-6,9-12,14-15,19H,2,4,7-8,13,21H2,1H3. The van der Waals surface area contributed by atoms with Gasteiger partial charge >= 0.3 is 0 Å². The lowest BCUT2D eigenvalue weighted by atomic mass is 9.78. The lowest BCUT2D eigenvalue weighted by Gasteiger charge is -2.37. The highest BCUT2D eigenvalue weighted by atomic mass is 15.3. The third kappa shape index (κ3) is 2.78. The minimum absolute atomic E-state index is 0.166. The molecule has 1 aromatic rings. The maximum Gasteiger partial charge on any atom is 0.139 e. The van der Waals surface area contributed by atoms with Gasteiger partial charge in [0, 0.05) is 6.54 Å². The van der Waals surface area contributed by atoms with Gasteiger partial charge in [0.05, 0.1) is 12.4 Å². The third-order valence-corrected chi connectivity index (χ3v) is 5.48. The number of allylic oxidation sites excluding steroid dienone is 2. The first-order chi connectivity index (χ1) is 11.2. The molecular formula is C20H25BN2. The van der Waals surface area contributed by atoms with E-state index in [0.29, 0.717) is 6.04 Å². The summed E-state index contributed by atoms with van der Waals surface area (Å²) in [5.74, 6) is 0.868.